The molecule has 0 spiro atoms. The molecule has 1 aliphatic heterocycles. The largest absolute Gasteiger partial charge is 0.464 e. The quantitative estimate of drug-likeness (QED) is 0.782. The normalized spacial score (nSPS) is 25.3. The Balaban J connectivity index is 2.94. The number of rotatable bonds is 4. The second kappa shape index (κ2) is 6.37. The monoisotopic (exact) mass is 270 g/mol. The van der Waals surface area contributed by atoms with Crippen molar-refractivity contribution in [3.8, 4) is 0 Å². The highest BCUT2D eigenvalue weighted by Crippen LogP contribution is 2.30. The summed E-state index contributed by atoms with van der Waals surface area (Å²) in [6.45, 7) is 8.29. The molecule has 19 heavy (non-hydrogen) atoms. The van der Waals surface area contributed by atoms with Gasteiger partial charge in [-0.15, -0.1) is 0 Å². The highest BCUT2D eigenvalue weighted by atomic mass is 16.5. The molecular formula is C14H26N2O3. The van der Waals surface area contributed by atoms with Crippen molar-refractivity contribution in [2.75, 3.05) is 13.2 Å². The highest BCUT2D eigenvalue weighted by Gasteiger charge is 2.46. The molecule has 0 radical (unpaired) electrons. The number of carbonyl (C=O) groups excluding carboxylic acids is 2. The van der Waals surface area contributed by atoms with E-state index >= 15 is 0 Å². The van der Waals surface area contributed by atoms with Gasteiger partial charge in [-0.3, -0.25) is 4.79 Å². The zero-order valence-electron chi connectivity index (χ0n) is 12.4. The Bertz CT molecular complexity index is 344. The number of likely N-dealkylation sites (tertiary alicyclic amines) is 1. The molecule has 2 atom stereocenters. The molecule has 1 saturated heterocycles. The summed E-state index contributed by atoms with van der Waals surface area (Å²) in [5.74, 6) is -0.412. The summed E-state index contributed by atoms with van der Waals surface area (Å²) in [6, 6.07) is -0.563. The fraction of sp³-hybridized carbons (Fsp3) is 0.857. The van der Waals surface area contributed by atoms with E-state index in [9.17, 15) is 9.59 Å². The van der Waals surface area contributed by atoms with Crippen LogP contribution >= 0.6 is 0 Å². The molecule has 1 heterocycles. The zero-order chi connectivity index (χ0) is 14.6. The van der Waals surface area contributed by atoms with Gasteiger partial charge in [0.15, 0.2) is 0 Å². The van der Waals surface area contributed by atoms with Crippen molar-refractivity contribution in [1.29, 1.82) is 0 Å². The Labute approximate surface area is 115 Å². The summed E-state index contributed by atoms with van der Waals surface area (Å²) in [4.78, 5) is 26.3. The third kappa shape index (κ3) is 3.26. The lowest BCUT2D eigenvalue weighted by atomic mass is 9.87. The first kappa shape index (κ1) is 16.0. The minimum Gasteiger partial charge on any atom is -0.464 e. The number of esters is 1. The lowest BCUT2D eigenvalue weighted by Gasteiger charge is -2.44. The molecule has 1 amide bonds. The van der Waals surface area contributed by atoms with Crippen LogP contribution < -0.4 is 5.73 Å². The minimum atomic E-state index is -0.863. The second-order valence-corrected chi connectivity index (χ2v) is 5.71. The molecular weight excluding hydrogens is 244 g/mol. The predicted octanol–water partition coefficient (Wildman–Crippen LogP) is 1.30. The minimum absolute atomic E-state index is 0.0564. The van der Waals surface area contributed by atoms with E-state index in [0.717, 1.165) is 12.8 Å². The first-order valence-corrected chi connectivity index (χ1v) is 7.09. The van der Waals surface area contributed by atoms with E-state index in [4.69, 9.17) is 10.5 Å². The standard InChI is InChI=1S/C14H26N2O3/c1-5-19-13(18)14(4)8-6-7-9-16(14)12(17)11(15)10(2)3/h10-11H,5-9,15H2,1-4H3/t11-,14-/m0/s1. The maximum absolute atomic E-state index is 12.5. The van der Waals surface area contributed by atoms with Crippen molar-refractivity contribution in [1.82, 2.24) is 4.90 Å². The number of amides is 1. The van der Waals surface area contributed by atoms with Gasteiger partial charge in [-0.2, -0.15) is 0 Å². The van der Waals surface area contributed by atoms with Crippen LogP contribution in [0, 0.1) is 5.92 Å². The summed E-state index contributed by atoms with van der Waals surface area (Å²) in [6.07, 6.45) is 2.48. The fourth-order valence-electron chi connectivity index (χ4n) is 2.44. The Hall–Kier alpha value is -1.10. The molecule has 110 valence electrons. The number of nitrogens with zero attached hydrogens (tertiary/aromatic N) is 1. The van der Waals surface area contributed by atoms with Crippen LogP contribution in [0.15, 0.2) is 0 Å². The number of ether oxygens (including phenoxy) is 1. The lowest BCUT2D eigenvalue weighted by Crippen LogP contribution is -2.62. The topological polar surface area (TPSA) is 72.6 Å². The van der Waals surface area contributed by atoms with Crippen LogP contribution in [0.5, 0.6) is 0 Å². The Kier molecular flexibility index (Phi) is 5.35. The summed E-state index contributed by atoms with van der Waals surface area (Å²) in [5, 5.41) is 0. The molecule has 1 fully saturated rings. The van der Waals surface area contributed by atoms with Gasteiger partial charge >= 0.3 is 5.97 Å². The number of carbonyl (C=O) groups is 2. The SMILES string of the molecule is CCOC(=O)[C@]1(C)CCCCN1C(=O)[C@@H](N)C(C)C. The van der Waals surface area contributed by atoms with E-state index in [1.54, 1.807) is 18.7 Å². The van der Waals surface area contributed by atoms with E-state index in [0.29, 0.717) is 19.6 Å². The van der Waals surface area contributed by atoms with Crippen LogP contribution in [0.4, 0.5) is 0 Å². The van der Waals surface area contributed by atoms with Gasteiger partial charge in [-0.1, -0.05) is 13.8 Å². The van der Waals surface area contributed by atoms with Gasteiger partial charge in [0.05, 0.1) is 12.6 Å². The van der Waals surface area contributed by atoms with Gasteiger partial charge in [0.2, 0.25) is 5.91 Å². The summed E-state index contributed by atoms with van der Waals surface area (Å²) < 4.78 is 5.13. The average Bonchev–Trinajstić information content (AvgIpc) is 2.37. The van der Waals surface area contributed by atoms with Crippen LogP contribution in [0.1, 0.15) is 47.0 Å². The van der Waals surface area contributed by atoms with Crippen LogP contribution in [-0.4, -0.2) is 41.5 Å². The summed E-state index contributed by atoms with van der Waals surface area (Å²) in [7, 11) is 0. The smallest absolute Gasteiger partial charge is 0.331 e. The predicted molar refractivity (Wildman–Crippen MR) is 73.4 cm³/mol. The maximum Gasteiger partial charge on any atom is 0.331 e. The summed E-state index contributed by atoms with van der Waals surface area (Å²) >= 11 is 0. The molecule has 2 N–H and O–H groups in total. The molecule has 0 saturated carbocycles. The van der Waals surface area contributed by atoms with Crippen LogP contribution in [0.25, 0.3) is 0 Å². The Morgan fingerprint density at radius 3 is 2.53 bits per heavy atom. The number of nitrogens with two attached hydrogens (primary N) is 1. The van der Waals surface area contributed by atoms with Gasteiger partial charge in [-0.25, -0.2) is 4.79 Å². The molecule has 5 nitrogen and oxygen atoms in total. The van der Waals surface area contributed by atoms with Gasteiger partial charge in [0.1, 0.15) is 5.54 Å². The molecule has 0 aromatic rings. The van der Waals surface area contributed by atoms with E-state index in [1.165, 1.54) is 0 Å². The Morgan fingerprint density at radius 1 is 1.37 bits per heavy atom. The van der Waals surface area contributed by atoms with E-state index in [2.05, 4.69) is 0 Å². The van der Waals surface area contributed by atoms with Crippen LogP contribution in [-0.2, 0) is 14.3 Å². The first-order valence-electron chi connectivity index (χ1n) is 7.09. The number of hydrogen-bond acceptors (Lipinski definition) is 4. The van der Waals surface area contributed by atoms with E-state index in [1.807, 2.05) is 13.8 Å². The van der Waals surface area contributed by atoms with Crippen molar-refractivity contribution in [3.63, 3.8) is 0 Å². The van der Waals surface area contributed by atoms with Crippen molar-refractivity contribution in [2.45, 2.75) is 58.5 Å². The number of hydrogen-bond donors (Lipinski definition) is 1. The fourth-order valence-corrected chi connectivity index (χ4v) is 2.44. The van der Waals surface area contributed by atoms with Crippen LogP contribution in [0.2, 0.25) is 0 Å². The zero-order valence-corrected chi connectivity index (χ0v) is 12.4. The van der Waals surface area contributed by atoms with E-state index in [-0.39, 0.29) is 17.8 Å². The molecule has 1 rings (SSSR count). The first-order chi connectivity index (χ1) is 8.84. The van der Waals surface area contributed by atoms with Gasteiger partial charge in [0, 0.05) is 6.54 Å². The van der Waals surface area contributed by atoms with Crippen molar-refractivity contribution >= 4 is 11.9 Å². The average molecular weight is 270 g/mol. The van der Waals surface area contributed by atoms with E-state index < -0.39 is 11.6 Å². The maximum atomic E-state index is 12.5. The van der Waals surface area contributed by atoms with Gasteiger partial charge < -0.3 is 15.4 Å². The molecule has 0 aromatic heterocycles. The molecule has 1 aliphatic rings. The lowest BCUT2D eigenvalue weighted by molar-refractivity contribution is -0.166. The molecule has 0 unspecified atom stereocenters. The highest BCUT2D eigenvalue weighted by molar-refractivity contribution is 5.90. The van der Waals surface area contributed by atoms with Crippen molar-refractivity contribution in [2.24, 2.45) is 11.7 Å². The summed E-state index contributed by atoms with van der Waals surface area (Å²) in [5.41, 5.74) is 5.08. The number of piperidine rings is 1. The molecule has 0 aliphatic carbocycles. The molecule has 5 heteroatoms. The van der Waals surface area contributed by atoms with Gasteiger partial charge in [0.25, 0.3) is 0 Å². The Morgan fingerprint density at radius 2 is 2.00 bits per heavy atom. The second-order valence-electron chi connectivity index (χ2n) is 5.71. The van der Waals surface area contributed by atoms with Crippen molar-refractivity contribution in [3.05, 3.63) is 0 Å². The van der Waals surface area contributed by atoms with Crippen LogP contribution in [0.3, 0.4) is 0 Å². The molecule has 0 aromatic carbocycles. The van der Waals surface area contributed by atoms with Crippen molar-refractivity contribution < 1.29 is 14.3 Å². The third-order valence-corrected chi connectivity index (χ3v) is 3.88. The molecule has 0 bridgehead atoms. The third-order valence-electron chi connectivity index (χ3n) is 3.88. The van der Waals surface area contributed by atoms with Gasteiger partial charge in [-0.05, 0) is 39.0 Å².